The van der Waals surface area contributed by atoms with Crippen LogP contribution in [0.3, 0.4) is 0 Å². The van der Waals surface area contributed by atoms with Crippen molar-refractivity contribution in [2.75, 3.05) is 20.0 Å². The standard InChI is InChI=1S/C9H16O4/c1-8(10)12-5-3-2-4-9-6-11-7-13-9/h9H,2-7H2,1H3. The van der Waals surface area contributed by atoms with Gasteiger partial charge in [0.1, 0.15) is 6.79 Å². The van der Waals surface area contributed by atoms with Gasteiger partial charge in [0.25, 0.3) is 0 Å². The van der Waals surface area contributed by atoms with Gasteiger partial charge in [-0.3, -0.25) is 4.79 Å². The zero-order valence-corrected chi connectivity index (χ0v) is 7.95. The second-order valence-electron chi connectivity index (χ2n) is 3.11. The van der Waals surface area contributed by atoms with Crippen molar-refractivity contribution in [3.05, 3.63) is 0 Å². The van der Waals surface area contributed by atoms with Crippen molar-refractivity contribution in [1.29, 1.82) is 0 Å². The summed E-state index contributed by atoms with van der Waals surface area (Å²) in [5.74, 6) is -0.208. The molecule has 1 fully saturated rings. The molecule has 76 valence electrons. The Balaban J connectivity index is 1.86. The average Bonchev–Trinajstić information content (AvgIpc) is 2.55. The van der Waals surface area contributed by atoms with E-state index in [9.17, 15) is 4.79 Å². The van der Waals surface area contributed by atoms with Gasteiger partial charge in [0.05, 0.1) is 19.3 Å². The zero-order chi connectivity index (χ0) is 9.52. The Morgan fingerprint density at radius 3 is 3.00 bits per heavy atom. The molecule has 1 aliphatic heterocycles. The largest absolute Gasteiger partial charge is 0.466 e. The van der Waals surface area contributed by atoms with E-state index in [1.165, 1.54) is 6.92 Å². The molecule has 1 saturated heterocycles. The molecule has 0 aromatic rings. The molecule has 4 heteroatoms. The summed E-state index contributed by atoms with van der Waals surface area (Å²) in [7, 11) is 0. The molecule has 0 N–H and O–H groups in total. The van der Waals surface area contributed by atoms with Crippen LogP contribution < -0.4 is 0 Å². The van der Waals surface area contributed by atoms with Gasteiger partial charge in [-0.2, -0.15) is 0 Å². The van der Waals surface area contributed by atoms with Crippen molar-refractivity contribution in [2.45, 2.75) is 32.3 Å². The van der Waals surface area contributed by atoms with Gasteiger partial charge in [-0.1, -0.05) is 0 Å². The Labute approximate surface area is 78.2 Å². The number of hydrogen-bond donors (Lipinski definition) is 0. The molecular weight excluding hydrogens is 172 g/mol. The number of carbonyl (C=O) groups excluding carboxylic acids is 1. The molecule has 13 heavy (non-hydrogen) atoms. The van der Waals surface area contributed by atoms with Gasteiger partial charge in [0, 0.05) is 6.92 Å². The highest BCUT2D eigenvalue weighted by Crippen LogP contribution is 2.10. The van der Waals surface area contributed by atoms with E-state index >= 15 is 0 Å². The van der Waals surface area contributed by atoms with Gasteiger partial charge in [-0.15, -0.1) is 0 Å². The van der Waals surface area contributed by atoms with Crippen LogP contribution in [-0.2, 0) is 19.0 Å². The molecular formula is C9H16O4. The number of hydrogen-bond acceptors (Lipinski definition) is 4. The van der Waals surface area contributed by atoms with Crippen LogP contribution in [-0.4, -0.2) is 32.1 Å². The van der Waals surface area contributed by atoms with Crippen LogP contribution in [0.25, 0.3) is 0 Å². The Bertz CT molecular complexity index is 152. The molecule has 0 aromatic carbocycles. The van der Waals surface area contributed by atoms with E-state index < -0.39 is 0 Å². The fourth-order valence-electron chi connectivity index (χ4n) is 1.23. The number of rotatable bonds is 5. The lowest BCUT2D eigenvalue weighted by atomic mass is 10.2. The van der Waals surface area contributed by atoms with Crippen molar-refractivity contribution in [3.8, 4) is 0 Å². The summed E-state index contributed by atoms with van der Waals surface area (Å²) in [6, 6.07) is 0. The Morgan fingerprint density at radius 1 is 1.54 bits per heavy atom. The SMILES string of the molecule is CC(=O)OCCCCC1COCO1. The van der Waals surface area contributed by atoms with Crippen LogP contribution >= 0.6 is 0 Å². The smallest absolute Gasteiger partial charge is 0.302 e. The third-order valence-electron chi connectivity index (χ3n) is 1.92. The monoisotopic (exact) mass is 188 g/mol. The van der Waals surface area contributed by atoms with E-state index in [0.29, 0.717) is 20.0 Å². The molecule has 1 rings (SSSR count). The van der Waals surface area contributed by atoms with E-state index in [1.54, 1.807) is 0 Å². The molecule has 1 unspecified atom stereocenters. The molecule has 1 atom stereocenters. The highest BCUT2D eigenvalue weighted by molar-refractivity contribution is 5.65. The highest BCUT2D eigenvalue weighted by Gasteiger charge is 2.14. The van der Waals surface area contributed by atoms with Gasteiger partial charge >= 0.3 is 5.97 Å². The van der Waals surface area contributed by atoms with E-state index in [0.717, 1.165) is 19.3 Å². The van der Waals surface area contributed by atoms with Crippen molar-refractivity contribution < 1.29 is 19.0 Å². The summed E-state index contributed by atoms with van der Waals surface area (Å²) in [6.07, 6.45) is 3.15. The maximum absolute atomic E-state index is 10.4. The molecule has 0 aromatic heterocycles. The van der Waals surface area contributed by atoms with Crippen LogP contribution in [0, 0.1) is 0 Å². The maximum Gasteiger partial charge on any atom is 0.302 e. The molecule has 0 aliphatic carbocycles. The molecule has 1 aliphatic rings. The number of esters is 1. The first-order valence-corrected chi connectivity index (χ1v) is 4.62. The van der Waals surface area contributed by atoms with Crippen LogP contribution in [0.2, 0.25) is 0 Å². The Morgan fingerprint density at radius 2 is 2.38 bits per heavy atom. The van der Waals surface area contributed by atoms with Crippen LogP contribution in [0.15, 0.2) is 0 Å². The fourth-order valence-corrected chi connectivity index (χ4v) is 1.23. The fraction of sp³-hybridized carbons (Fsp3) is 0.889. The topological polar surface area (TPSA) is 44.8 Å². The zero-order valence-electron chi connectivity index (χ0n) is 7.95. The van der Waals surface area contributed by atoms with E-state index in [2.05, 4.69) is 0 Å². The molecule has 4 nitrogen and oxygen atoms in total. The lowest BCUT2D eigenvalue weighted by Crippen LogP contribution is -2.09. The molecule has 0 bridgehead atoms. The van der Waals surface area contributed by atoms with E-state index in [4.69, 9.17) is 14.2 Å². The minimum absolute atomic E-state index is 0.208. The summed E-state index contributed by atoms with van der Waals surface area (Å²) in [5.41, 5.74) is 0. The number of carbonyl (C=O) groups is 1. The summed E-state index contributed by atoms with van der Waals surface area (Å²) < 4.78 is 15.1. The van der Waals surface area contributed by atoms with E-state index in [-0.39, 0.29) is 12.1 Å². The second-order valence-corrected chi connectivity index (χ2v) is 3.11. The first kappa shape index (κ1) is 10.5. The third kappa shape index (κ3) is 4.85. The summed E-state index contributed by atoms with van der Waals surface area (Å²) >= 11 is 0. The van der Waals surface area contributed by atoms with Crippen LogP contribution in [0.5, 0.6) is 0 Å². The van der Waals surface area contributed by atoms with Gasteiger partial charge in [-0.05, 0) is 19.3 Å². The third-order valence-corrected chi connectivity index (χ3v) is 1.92. The van der Waals surface area contributed by atoms with Crippen molar-refractivity contribution in [3.63, 3.8) is 0 Å². The predicted octanol–water partition coefficient (Wildman–Crippen LogP) is 1.09. The van der Waals surface area contributed by atoms with Gasteiger partial charge in [0.15, 0.2) is 0 Å². The van der Waals surface area contributed by atoms with Crippen molar-refractivity contribution >= 4 is 5.97 Å². The summed E-state index contributed by atoms with van der Waals surface area (Å²) in [5, 5.41) is 0. The summed E-state index contributed by atoms with van der Waals surface area (Å²) in [4.78, 5) is 10.4. The predicted molar refractivity (Wildman–Crippen MR) is 46.2 cm³/mol. The second kappa shape index (κ2) is 5.94. The maximum atomic E-state index is 10.4. The normalized spacial score (nSPS) is 21.8. The first-order chi connectivity index (χ1) is 6.29. The first-order valence-electron chi connectivity index (χ1n) is 4.62. The van der Waals surface area contributed by atoms with Gasteiger partial charge < -0.3 is 14.2 Å². The van der Waals surface area contributed by atoms with Crippen LogP contribution in [0.1, 0.15) is 26.2 Å². The molecule has 0 spiro atoms. The van der Waals surface area contributed by atoms with E-state index in [1.807, 2.05) is 0 Å². The van der Waals surface area contributed by atoms with Crippen molar-refractivity contribution in [2.24, 2.45) is 0 Å². The molecule has 0 radical (unpaired) electrons. The molecule has 0 amide bonds. The minimum Gasteiger partial charge on any atom is -0.466 e. The lowest BCUT2D eigenvalue weighted by Gasteiger charge is -2.06. The number of unbranched alkanes of at least 4 members (excludes halogenated alkanes) is 1. The quantitative estimate of drug-likeness (QED) is 0.478. The lowest BCUT2D eigenvalue weighted by molar-refractivity contribution is -0.141. The minimum atomic E-state index is -0.208. The van der Waals surface area contributed by atoms with Gasteiger partial charge in [-0.25, -0.2) is 0 Å². The highest BCUT2D eigenvalue weighted by atomic mass is 16.7. The van der Waals surface area contributed by atoms with Crippen molar-refractivity contribution in [1.82, 2.24) is 0 Å². The summed E-state index contributed by atoms with van der Waals surface area (Å²) in [6.45, 7) is 3.07. The molecule has 1 heterocycles. The van der Waals surface area contributed by atoms with Crippen LogP contribution in [0.4, 0.5) is 0 Å². The Kier molecular flexibility index (Phi) is 4.78. The average molecular weight is 188 g/mol. The number of ether oxygens (including phenoxy) is 3. The molecule has 0 saturated carbocycles. The Hall–Kier alpha value is -0.610. The van der Waals surface area contributed by atoms with Gasteiger partial charge in [0.2, 0.25) is 0 Å².